The molecule has 0 fully saturated rings. The van der Waals surface area contributed by atoms with Crippen molar-refractivity contribution >= 4 is 21.8 Å². The van der Waals surface area contributed by atoms with Crippen molar-refractivity contribution in [2.45, 2.75) is 20.8 Å². The molecular weight excluding hydrogens is 342 g/mol. The Kier molecular flexibility index (Phi) is 5.61. The normalized spacial score (nSPS) is 10.4. The maximum Gasteiger partial charge on any atom is 0.251 e. The van der Waals surface area contributed by atoms with Crippen LogP contribution in [0.2, 0.25) is 0 Å². The summed E-state index contributed by atoms with van der Waals surface area (Å²) in [6, 6.07) is 11.5. The van der Waals surface area contributed by atoms with Crippen molar-refractivity contribution in [3.63, 3.8) is 0 Å². The summed E-state index contributed by atoms with van der Waals surface area (Å²) in [4.78, 5) is 12.0. The van der Waals surface area contributed by atoms with Gasteiger partial charge in [0.1, 0.15) is 12.4 Å². The average Bonchev–Trinajstić information content (AvgIpc) is 2.48. The molecule has 0 aromatic heterocycles. The molecule has 0 aliphatic carbocycles. The summed E-state index contributed by atoms with van der Waals surface area (Å²) >= 11 is 3.36. The molecule has 1 amide bonds. The molecule has 2 aromatic rings. The van der Waals surface area contributed by atoms with Gasteiger partial charge in [-0.2, -0.15) is 0 Å². The average molecular weight is 362 g/mol. The van der Waals surface area contributed by atoms with Crippen LogP contribution in [0.15, 0.2) is 40.9 Å². The zero-order chi connectivity index (χ0) is 16.1. The fourth-order valence-electron chi connectivity index (χ4n) is 2.15. The Morgan fingerprint density at radius 2 is 1.82 bits per heavy atom. The Bertz CT molecular complexity index is 683. The van der Waals surface area contributed by atoms with Gasteiger partial charge >= 0.3 is 0 Å². The van der Waals surface area contributed by atoms with Gasteiger partial charge in [-0.15, -0.1) is 0 Å². The molecule has 0 radical (unpaired) electrons. The van der Waals surface area contributed by atoms with Crippen LogP contribution in [-0.2, 0) is 0 Å². The van der Waals surface area contributed by atoms with E-state index in [1.165, 1.54) is 11.1 Å². The number of hydrogen-bond donors (Lipinski definition) is 1. The number of halogens is 1. The molecule has 0 aliphatic rings. The summed E-state index contributed by atoms with van der Waals surface area (Å²) in [5, 5.41) is 2.86. The first-order valence-electron chi connectivity index (χ1n) is 7.22. The van der Waals surface area contributed by atoms with Gasteiger partial charge in [-0.1, -0.05) is 28.1 Å². The number of ether oxygens (including phenoxy) is 1. The van der Waals surface area contributed by atoms with Gasteiger partial charge in [0.25, 0.3) is 5.91 Å². The smallest absolute Gasteiger partial charge is 0.251 e. The van der Waals surface area contributed by atoms with E-state index in [9.17, 15) is 4.79 Å². The Labute approximate surface area is 139 Å². The third-order valence-electron chi connectivity index (χ3n) is 3.52. The van der Waals surface area contributed by atoms with Crippen molar-refractivity contribution in [1.82, 2.24) is 5.32 Å². The van der Waals surface area contributed by atoms with E-state index in [4.69, 9.17) is 4.74 Å². The van der Waals surface area contributed by atoms with E-state index in [2.05, 4.69) is 41.2 Å². The highest BCUT2D eigenvalue weighted by molar-refractivity contribution is 9.10. The number of amides is 1. The van der Waals surface area contributed by atoms with E-state index in [0.29, 0.717) is 18.7 Å². The lowest BCUT2D eigenvalue weighted by molar-refractivity contribution is 0.0947. The van der Waals surface area contributed by atoms with Crippen LogP contribution in [0, 0.1) is 20.8 Å². The zero-order valence-corrected chi connectivity index (χ0v) is 14.7. The molecule has 0 heterocycles. The molecule has 4 heteroatoms. The molecule has 2 rings (SSSR count). The second kappa shape index (κ2) is 7.45. The van der Waals surface area contributed by atoms with Gasteiger partial charge in [-0.25, -0.2) is 0 Å². The molecule has 0 bridgehead atoms. The van der Waals surface area contributed by atoms with Gasteiger partial charge in [0, 0.05) is 10.0 Å². The number of hydrogen-bond acceptors (Lipinski definition) is 2. The topological polar surface area (TPSA) is 38.3 Å². The number of carbonyl (C=O) groups excluding carboxylic acids is 1. The van der Waals surface area contributed by atoms with E-state index < -0.39 is 0 Å². The maximum absolute atomic E-state index is 12.0. The second-order valence-electron chi connectivity index (χ2n) is 5.32. The number of benzene rings is 2. The number of rotatable bonds is 5. The maximum atomic E-state index is 12.0. The van der Waals surface area contributed by atoms with Gasteiger partial charge in [-0.05, 0) is 61.7 Å². The second-order valence-corrected chi connectivity index (χ2v) is 6.23. The molecule has 116 valence electrons. The first kappa shape index (κ1) is 16.6. The van der Waals surface area contributed by atoms with Crippen molar-refractivity contribution < 1.29 is 9.53 Å². The van der Waals surface area contributed by atoms with Gasteiger partial charge < -0.3 is 10.1 Å². The van der Waals surface area contributed by atoms with Crippen molar-refractivity contribution in [1.29, 1.82) is 0 Å². The summed E-state index contributed by atoms with van der Waals surface area (Å²) in [6.45, 7) is 7.10. The van der Waals surface area contributed by atoms with Crippen LogP contribution in [-0.4, -0.2) is 19.1 Å². The van der Waals surface area contributed by atoms with E-state index in [-0.39, 0.29) is 5.91 Å². The van der Waals surface area contributed by atoms with Crippen LogP contribution in [0.1, 0.15) is 27.0 Å². The molecule has 1 N–H and O–H groups in total. The first-order chi connectivity index (χ1) is 10.5. The van der Waals surface area contributed by atoms with E-state index in [1.807, 2.05) is 25.1 Å². The number of carbonyl (C=O) groups is 1. The van der Waals surface area contributed by atoms with Gasteiger partial charge in [0.15, 0.2) is 0 Å². The Morgan fingerprint density at radius 1 is 1.09 bits per heavy atom. The van der Waals surface area contributed by atoms with Crippen molar-refractivity contribution in [3.8, 4) is 5.75 Å². The largest absolute Gasteiger partial charge is 0.491 e. The summed E-state index contributed by atoms with van der Waals surface area (Å²) in [7, 11) is 0. The minimum absolute atomic E-state index is 0.0956. The molecular formula is C18H20BrNO2. The van der Waals surface area contributed by atoms with E-state index in [1.54, 1.807) is 12.1 Å². The van der Waals surface area contributed by atoms with Crippen LogP contribution in [0.4, 0.5) is 0 Å². The van der Waals surface area contributed by atoms with Gasteiger partial charge in [0.2, 0.25) is 0 Å². The fraction of sp³-hybridized carbons (Fsp3) is 0.278. The highest BCUT2D eigenvalue weighted by Gasteiger charge is 2.06. The first-order valence-corrected chi connectivity index (χ1v) is 8.01. The Morgan fingerprint density at radius 3 is 2.55 bits per heavy atom. The number of aryl methyl sites for hydroxylation is 3. The SMILES string of the molecule is Cc1cc(C)c(OCCNC(=O)c2cccc(Br)c2)cc1C. The molecule has 0 saturated heterocycles. The van der Waals surface area contributed by atoms with Crippen LogP contribution in [0.3, 0.4) is 0 Å². The molecule has 0 atom stereocenters. The van der Waals surface area contributed by atoms with Crippen molar-refractivity contribution in [2.24, 2.45) is 0 Å². The Balaban J connectivity index is 1.85. The molecule has 0 spiro atoms. The van der Waals surface area contributed by atoms with E-state index in [0.717, 1.165) is 15.8 Å². The van der Waals surface area contributed by atoms with Gasteiger partial charge in [0.05, 0.1) is 6.54 Å². The summed E-state index contributed by atoms with van der Waals surface area (Å²) in [5.41, 5.74) is 4.21. The lowest BCUT2D eigenvalue weighted by Gasteiger charge is -2.12. The standard InChI is InChI=1S/C18H20BrNO2/c1-12-9-14(3)17(10-13(12)2)22-8-7-20-18(21)15-5-4-6-16(19)11-15/h4-6,9-11H,7-8H2,1-3H3,(H,20,21). The summed E-state index contributed by atoms with van der Waals surface area (Å²) < 4.78 is 6.65. The minimum Gasteiger partial charge on any atom is -0.491 e. The predicted octanol–water partition coefficient (Wildman–Crippen LogP) is 4.18. The molecule has 2 aromatic carbocycles. The third kappa shape index (κ3) is 4.34. The highest BCUT2D eigenvalue weighted by atomic mass is 79.9. The highest BCUT2D eigenvalue weighted by Crippen LogP contribution is 2.22. The Hall–Kier alpha value is -1.81. The van der Waals surface area contributed by atoms with Crippen LogP contribution < -0.4 is 10.1 Å². The van der Waals surface area contributed by atoms with Crippen LogP contribution in [0.25, 0.3) is 0 Å². The lowest BCUT2D eigenvalue weighted by Crippen LogP contribution is -2.28. The van der Waals surface area contributed by atoms with Gasteiger partial charge in [-0.3, -0.25) is 4.79 Å². The third-order valence-corrected chi connectivity index (χ3v) is 4.02. The minimum atomic E-state index is -0.0956. The van der Waals surface area contributed by atoms with Crippen molar-refractivity contribution in [2.75, 3.05) is 13.2 Å². The summed E-state index contributed by atoms with van der Waals surface area (Å²) in [6.07, 6.45) is 0. The zero-order valence-electron chi connectivity index (χ0n) is 13.1. The van der Waals surface area contributed by atoms with E-state index >= 15 is 0 Å². The molecule has 0 aliphatic heterocycles. The molecule has 3 nitrogen and oxygen atoms in total. The fourth-order valence-corrected chi connectivity index (χ4v) is 2.55. The molecule has 0 saturated carbocycles. The van der Waals surface area contributed by atoms with Crippen LogP contribution in [0.5, 0.6) is 5.75 Å². The molecule has 0 unspecified atom stereocenters. The summed E-state index contributed by atoms with van der Waals surface area (Å²) in [5.74, 6) is 0.779. The number of nitrogens with one attached hydrogen (secondary N) is 1. The van der Waals surface area contributed by atoms with Crippen molar-refractivity contribution in [3.05, 3.63) is 63.1 Å². The lowest BCUT2D eigenvalue weighted by atomic mass is 10.1. The predicted molar refractivity (Wildman–Crippen MR) is 92.6 cm³/mol. The van der Waals surface area contributed by atoms with Crippen LogP contribution >= 0.6 is 15.9 Å². The monoisotopic (exact) mass is 361 g/mol. The molecule has 22 heavy (non-hydrogen) atoms. The quantitative estimate of drug-likeness (QED) is 0.811.